The van der Waals surface area contributed by atoms with Crippen LogP contribution in [0.3, 0.4) is 0 Å². The second kappa shape index (κ2) is 16.4. The number of hydrogen-bond donors (Lipinski definition) is 3. The number of ether oxygens (including phenoxy) is 1. The molecule has 0 bridgehead atoms. The number of aromatic nitrogens is 1. The summed E-state index contributed by atoms with van der Waals surface area (Å²) in [4.78, 5) is 40.5. The van der Waals surface area contributed by atoms with Crippen LogP contribution in [0.4, 0.5) is 24.5 Å². The number of anilines is 2. The van der Waals surface area contributed by atoms with Gasteiger partial charge in [-0.1, -0.05) is 50.6 Å². The highest BCUT2D eigenvalue weighted by Gasteiger charge is 2.38. The minimum atomic E-state index is -5.08. The number of nitrogens with one attached hydrogen (secondary N) is 2. The van der Waals surface area contributed by atoms with Crippen LogP contribution >= 0.6 is 11.6 Å². The third-order valence-corrected chi connectivity index (χ3v) is 5.65. The summed E-state index contributed by atoms with van der Waals surface area (Å²) < 4.78 is 37.6. The Hall–Kier alpha value is -4.32. The van der Waals surface area contributed by atoms with Gasteiger partial charge in [0.15, 0.2) is 0 Å². The fourth-order valence-corrected chi connectivity index (χ4v) is 3.61. The SMILES string of the molecule is CC(C)(C)CNC(=O)CCN(C(=O)c1cc(Cl)cc(OCCNc2ccncc2)c1)c1ccccc1.O=C(O)C(F)(F)F. The first-order valence-corrected chi connectivity index (χ1v) is 13.5. The van der Waals surface area contributed by atoms with Crippen LogP contribution in [0.1, 0.15) is 37.6 Å². The average Bonchev–Trinajstić information content (AvgIpc) is 2.94. The largest absolute Gasteiger partial charge is 0.492 e. The van der Waals surface area contributed by atoms with Gasteiger partial charge >= 0.3 is 12.1 Å². The van der Waals surface area contributed by atoms with E-state index in [1.54, 1.807) is 35.5 Å². The number of hydrogen-bond acceptors (Lipinski definition) is 6. The minimum absolute atomic E-state index is 0.0182. The molecule has 1 heterocycles. The number of halogens is 4. The summed E-state index contributed by atoms with van der Waals surface area (Å²) in [5, 5.41) is 13.7. The Kier molecular flexibility index (Phi) is 13.3. The van der Waals surface area contributed by atoms with E-state index in [0.29, 0.717) is 41.7 Å². The quantitative estimate of drug-likeness (QED) is 0.222. The van der Waals surface area contributed by atoms with E-state index in [2.05, 4.69) is 36.4 Å². The van der Waals surface area contributed by atoms with Crippen LogP contribution in [0.2, 0.25) is 5.02 Å². The number of carboxylic acids is 1. The van der Waals surface area contributed by atoms with Crippen molar-refractivity contribution in [3.05, 3.63) is 83.6 Å². The second-order valence-electron chi connectivity index (χ2n) is 10.4. The van der Waals surface area contributed by atoms with E-state index in [-0.39, 0.29) is 30.2 Å². The van der Waals surface area contributed by atoms with Gasteiger partial charge in [-0.15, -0.1) is 0 Å². The molecule has 43 heavy (non-hydrogen) atoms. The number of carbonyl (C=O) groups excluding carboxylic acids is 2. The monoisotopic (exact) mass is 622 g/mol. The number of pyridine rings is 1. The second-order valence-corrected chi connectivity index (χ2v) is 10.8. The molecule has 0 saturated carbocycles. The molecule has 232 valence electrons. The number of alkyl halides is 3. The number of para-hydroxylation sites is 1. The smallest absolute Gasteiger partial charge is 0.490 e. The molecule has 0 spiro atoms. The molecule has 3 aromatic rings. The van der Waals surface area contributed by atoms with Gasteiger partial charge in [-0.3, -0.25) is 14.6 Å². The molecular formula is C30H34ClF3N4O5. The summed E-state index contributed by atoms with van der Waals surface area (Å²) in [6, 6.07) is 18.0. The predicted octanol–water partition coefficient (Wildman–Crippen LogP) is 6.06. The van der Waals surface area contributed by atoms with E-state index in [9.17, 15) is 22.8 Å². The Morgan fingerprint density at radius 2 is 1.63 bits per heavy atom. The molecule has 0 saturated heterocycles. The predicted molar refractivity (Wildman–Crippen MR) is 159 cm³/mol. The number of carboxylic acid groups (broad SMARTS) is 1. The molecule has 2 amide bonds. The van der Waals surface area contributed by atoms with Crippen molar-refractivity contribution in [1.82, 2.24) is 10.3 Å². The number of aliphatic carboxylic acids is 1. The zero-order valence-corrected chi connectivity index (χ0v) is 24.7. The van der Waals surface area contributed by atoms with Crippen molar-refractivity contribution in [3.8, 4) is 5.75 Å². The third kappa shape index (κ3) is 13.5. The Labute approximate surface area is 253 Å². The van der Waals surface area contributed by atoms with Crippen LogP contribution in [-0.2, 0) is 9.59 Å². The summed E-state index contributed by atoms with van der Waals surface area (Å²) in [5.74, 6) is -2.62. The van der Waals surface area contributed by atoms with Gasteiger partial charge in [0, 0.05) is 60.4 Å². The Morgan fingerprint density at radius 1 is 1.00 bits per heavy atom. The van der Waals surface area contributed by atoms with Crippen molar-refractivity contribution in [3.63, 3.8) is 0 Å². The molecule has 3 N–H and O–H groups in total. The first kappa shape index (κ1) is 34.9. The Morgan fingerprint density at radius 3 is 2.21 bits per heavy atom. The molecule has 0 fully saturated rings. The number of rotatable bonds is 11. The number of benzene rings is 2. The van der Waals surface area contributed by atoms with E-state index >= 15 is 0 Å². The minimum Gasteiger partial charge on any atom is -0.492 e. The normalized spacial score (nSPS) is 11.0. The standard InChI is InChI=1S/C28H33ClN4O3.C2HF3O2/c1-28(2,3)20-32-26(34)11-15-33(24-7-5-4-6-8-24)27(35)21-17-22(29)19-25(18-21)36-16-14-31-23-9-12-30-13-10-23;3-2(4,5)1(6)7/h4-10,12-13,17-19H,11,14-16,20H2,1-3H3,(H,30,31)(H,32,34);(H,6,7). The maximum absolute atomic E-state index is 13.6. The molecule has 0 unspecified atom stereocenters. The molecule has 3 rings (SSSR count). The highest BCUT2D eigenvalue weighted by molar-refractivity contribution is 6.31. The molecule has 0 aliphatic heterocycles. The lowest BCUT2D eigenvalue weighted by molar-refractivity contribution is -0.192. The van der Waals surface area contributed by atoms with Crippen molar-refractivity contribution in [1.29, 1.82) is 0 Å². The van der Waals surface area contributed by atoms with E-state index in [0.717, 1.165) is 5.69 Å². The van der Waals surface area contributed by atoms with Crippen molar-refractivity contribution in [2.45, 2.75) is 33.4 Å². The van der Waals surface area contributed by atoms with Crippen molar-refractivity contribution < 1.29 is 37.4 Å². The van der Waals surface area contributed by atoms with Crippen LogP contribution < -0.4 is 20.3 Å². The van der Waals surface area contributed by atoms with Crippen molar-refractivity contribution in [2.75, 3.05) is 36.5 Å². The first-order valence-electron chi connectivity index (χ1n) is 13.2. The average molecular weight is 623 g/mol. The zero-order chi connectivity index (χ0) is 32.0. The lowest BCUT2D eigenvalue weighted by Gasteiger charge is -2.24. The molecule has 0 aliphatic carbocycles. The molecular weight excluding hydrogens is 589 g/mol. The lowest BCUT2D eigenvalue weighted by Crippen LogP contribution is -2.37. The molecule has 0 radical (unpaired) electrons. The van der Waals surface area contributed by atoms with Crippen LogP contribution in [0.5, 0.6) is 5.75 Å². The molecule has 2 aromatic carbocycles. The van der Waals surface area contributed by atoms with Crippen LogP contribution in [0, 0.1) is 5.41 Å². The number of nitrogens with zero attached hydrogens (tertiary/aromatic N) is 2. The van der Waals surface area contributed by atoms with E-state index < -0.39 is 12.1 Å². The number of carbonyl (C=O) groups is 3. The lowest BCUT2D eigenvalue weighted by atomic mass is 9.97. The number of amides is 2. The molecule has 13 heteroatoms. The van der Waals surface area contributed by atoms with Gasteiger partial charge in [-0.2, -0.15) is 13.2 Å². The van der Waals surface area contributed by atoms with Gasteiger partial charge in [0.1, 0.15) is 12.4 Å². The fourth-order valence-electron chi connectivity index (χ4n) is 3.38. The van der Waals surface area contributed by atoms with E-state index in [1.165, 1.54) is 0 Å². The summed E-state index contributed by atoms with van der Waals surface area (Å²) >= 11 is 6.33. The first-order chi connectivity index (χ1) is 20.2. The summed E-state index contributed by atoms with van der Waals surface area (Å²) in [5.41, 5.74) is 2.02. The molecule has 9 nitrogen and oxygen atoms in total. The summed E-state index contributed by atoms with van der Waals surface area (Å²) in [6.45, 7) is 7.92. The van der Waals surface area contributed by atoms with Gasteiger partial charge in [0.05, 0.1) is 0 Å². The maximum atomic E-state index is 13.6. The highest BCUT2D eigenvalue weighted by atomic mass is 35.5. The fraction of sp³-hybridized carbons (Fsp3) is 0.333. The molecule has 1 aromatic heterocycles. The van der Waals surface area contributed by atoms with Crippen LogP contribution in [0.15, 0.2) is 73.1 Å². The molecule has 0 atom stereocenters. The van der Waals surface area contributed by atoms with Gasteiger partial charge in [-0.25, -0.2) is 4.79 Å². The van der Waals surface area contributed by atoms with Gasteiger partial charge < -0.3 is 25.4 Å². The Balaban J connectivity index is 0.000000821. The topological polar surface area (TPSA) is 121 Å². The van der Waals surface area contributed by atoms with Crippen LogP contribution in [-0.4, -0.2) is 60.3 Å². The van der Waals surface area contributed by atoms with Crippen molar-refractivity contribution >= 4 is 40.8 Å². The van der Waals surface area contributed by atoms with Gasteiger partial charge in [0.2, 0.25) is 5.91 Å². The van der Waals surface area contributed by atoms with Crippen LogP contribution in [0.25, 0.3) is 0 Å². The summed E-state index contributed by atoms with van der Waals surface area (Å²) in [6.07, 6.45) is -1.48. The highest BCUT2D eigenvalue weighted by Crippen LogP contribution is 2.25. The third-order valence-electron chi connectivity index (χ3n) is 5.43. The Bertz CT molecular complexity index is 1340. The molecule has 0 aliphatic rings. The van der Waals surface area contributed by atoms with Gasteiger partial charge in [-0.05, 0) is 47.9 Å². The zero-order valence-electron chi connectivity index (χ0n) is 24.0. The van der Waals surface area contributed by atoms with E-state index in [4.69, 9.17) is 26.2 Å². The maximum Gasteiger partial charge on any atom is 0.490 e. The summed E-state index contributed by atoms with van der Waals surface area (Å²) in [7, 11) is 0. The van der Waals surface area contributed by atoms with Crippen molar-refractivity contribution in [2.24, 2.45) is 5.41 Å². The van der Waals surface area contributed by atoms with E-state index in [1.807, 2.05) is 42.5 Å². The van der Waals surface area contributed by atoms with Gasteiger partial charge in [0.25, 0.3) is 5.91 Å².